The second-order valence-electron chi connectivity index (χ2n) is 6.34. The molecule has 0 aliphatic heterocycles. The van der Waals surface area contributed by atoms with E-state index in [-0.39, 0.29) is 18.4 Å². The zero-order chi connectivity index (χ0) is 20.5. The van der Waals surface area contributed by atoms with Gasteiger partial charge < -0.3 is 10.4 Å². The molecule has 0 fully saturated rings. The molecule has 28 heavy (non-hydrogen) atoms. The summed E-state index contributed by atoms with van der Waals surface area (Å²) in [5.41, 5.74) is 3.66. The van der Waals surface area contributed by atoms with Crippen LogP contribution in [-0.2, 0) is 0 Å². The van der Waals surface area contributed by atoms with E-state index in [1.165, 1.54) is 6.33 Å². The van der Waals surface area contributed by atoms with Crippen molar-refractivity contribution in [3.05, 3.63) is 70.5 Å². The van der Waals surface area contributed by atoms with Crippen molar-refractivity contribution in [3.8, 4) is 0 Å². The maximum atomic E-state index is 11.6. The van der Waals surface area contributed by atoms with E-state index in [1.54, 1.807) is 31.3 Å². The molecular weight excluding hydrogens is 356 g/mol. The van der Waals surface area contributed by atoms with Crippen molar-refractivity contribution in [1.82, 2.24) is 15.3 Å². The number of nitrogens with zero attached hydrogens (tertiary/aromatic N) is 3. The number of nitroso groups, excluding NO2 is 1. The van der Waals surface area contributed by atoms with Gasteiger partial charge in [0.1, 0.15) is 12.0 Å². The third-order valence-electron chi connectivity index (χ3n) is 4.44. The lowest BCUT2D eigenvalue weighted by molar-refractivity contribution is 0.0964. The van der Waals surface area contributed by atoms with Crippen LogP contribution in [0.4, 0.5) is 5.69 Å². The minimum atomic E-state index is -0.126. The zero-order valence-electron chi connectivity index (χ0n) is 16.2. The Hall–Kier alpha value is -3.19. The highest BCUT2D eigenvalue weighted by Gasteiger charge is 2.10. The molecule has 2 aromatic carbocycles. The number of amides is 1. The average molecular weight is 380 g/mol. The molecule has 1 atom stereocenters. The molecule has 7 nitrogen and oxygen atoms in total. The summed E-state index contributed by atoms with van der Waals surface area (Å²) in [5, 5.41) is 15.1. The molecule has 0 radical (unpaired) electrons. The van der Waals surface area contributed by atoms with Crippen LogP contribution in [0.3, 0.4) is 0 Å². The summed E-state index contributed by atoms with van der Waals surface area (Å²) >= 11 is 0. The minimum absolute atomic E-state index is 0.126. The third-order valence-corrected chi connectivity index (χ3v) is 4.44. The predicted octanol–water partition coefficient (Wildman–Crippen LogP) is 3.87. The first kappa shape index (κ1) is 21.1. The van der Waals surface area contributed by atoms with E-state index in [2.05, 4.69) is 20.5 Å². The monoisotopic (exact) mass is 380 g/mol. The molecule has 0 aliphatic rings. The van der Waals surface area contributed by atoms with Crippen molar-refractivity contribution in [3.63, 3.8) is 0 Å². The second kappa shape index (κ2) is 10.2. The van der Waals surface area contributed by atoms with Crippen LogP contribution in [0.25, 0.3) is 10.9 Å². The van der Waals surface area contributed by atoms with E-state index in [4.69, 9.17) is 5.11 Å². The molecule has 7 heteroatoms. The summed E-state index contributed by atoms with van der Waals surface area (Å²) in [4.78, 5) is 30.0. The molecule has 2 N–H and O–H groups in total. The van der Waals surface area contributed by atoms with Gasteiger partial charge in [-0.05, 0) is 48.2 Å². The highest BCUT2D eigenvalue weighted by atomic mass is 16.3. The van der Waals surface area contributed by atoms with Crippen LogP contribution < -0.4 is 5.32 Å². The lowest BCUT2D eigenvalue weighted by Crippen LogP contribution is -2.18. The smallest absolute Gasteiger partial charge is 0.253 e. The summed E-state index contributed by atoms with van der Waals surface area (Å²) in [5.74, 6) is 0.144. The number of hydrogen-bond donors (Lipinski definition) is 2. The van der Waals surface area contributed by atoms with Crippen molar-refractivity contribution in [2.45, 2.75) is 26.2 Å². The van der Waals surface area contributed by atoms with E-state index in [1.807, 2.05) is 32.0 Å². The fraction of sp³-hybridized carbons (Fsp3) is 0.286. The maximum absolute atomic E-state index is 11.6. The number of fused-ring (bicyclic) bond motifs is 1. The Morgan fingerprint density at radius 3 is 2.64 bits per heavy atom. The number of aliphatic hydroxyl groups is 1. The first-order valence-corrected chi connectivity index (χ1v) is 8.98. The molecule has 146 valence electrons. The van der Waals surface area contributed by atoms with Crippen LogP contribution in [0.15, 0.2) is 54.0 Å². The number of rotatable bonds is 5. The summed E-state index contributed by atoms with van der Waals surface area (Å²) in [6.07, 6.45) is 2.19. The first-order chi connectivity index (χ1) is 13.5. The Kier molecular flexibility index (Phi) is 7.71. The van der Waals surface area contributed by atoms with Crippen LogP contribution in [0.5, 0.6) is 0 Å². The van der Waals surface area contributed by atoms with Crippen LogP contribution in [0.1, 0.15) is 40.9 Å². The molecule has 3 rings (SSSR count). The third kappa shape index (κ3) is 5.17. The SMILES string of the molecule is CC(CCO)c1cccc(N=O)c1.CNC(=O)c1cccc2c(C)ncnc12. The number of hydrogen-bond acceptors (Lipinski definition) is 6. The summed E-state index contributed by atoms with van der Waals surface area (Å²) in [6.45, 7) is 4.08. The summed E-state index contributed by atoms with van der Waals surface area (Å²) < 4.78 is 0. The van der Waals surface area contributed by atoms with Crippen molar-refractivity contribution in [1.29, 1.82) is 0 Å². The van der Waals surface area contributed by atoms with Gasteiger partial charge in [-0.15, -0.1) is 4.91 Å². The largest absolute Gasteiger partial charge is 0.396 e. The summed E-state index contributed by atoms with van der Waals surface area (Å²) in [7, 11) is 1.61. The van der Waals surface area contributed by atoms with E-state index >= 15 is 0 Å². The molecule has 0 bridgehead atoms. The number of benzene rings is 2. The molecule has 1 amide bonds. The van der Waals surface area contributed by atoms with E-state index in [0.717, 1.165) is 16.6 Å². The van der Waals surface area contributed by atoms with Gasteiger partial charge in [-0.25, -0.2) is 9.97 Å². The number of carbonyl (C=O) groups is 1. The number of aliphatic hydroxyl groups excluding tert-OH is 1. The molecule has 3 aromatic rings. The standard InChI is InChI=1S/C11H11N3O.C10H13NO2/c1-7-8-4-3-5-9(11(15)12-2)10(8)14-6-13-7;1-8(5-6-12)9-3-2-4-10(7-9)11-13/h3-6H,1-2H3,(H,12,15);2-4,7-8,12H,5-6H2,1H3. The zero-order valence-corrected chi connectivity index (χ0v) is 16.2. The highest BCUT2D eigenvalue weighted by Crippen LogP contribution is 2.22. The molecular formula is C21H24N4O3. The lowest BCUT2D eigenvalue weighted by Gasteiger charge is -2.09. The Morgan fingerprint density at radius 1 is 1.21 bits per heavy atom. The normalized spacial score (nSPS) is 11.3. The van der Waals surface area contributed by atoms with Crippen molar-refractivity contribution >= 4 is 22.5 Å². The first-order valence-electron chi connectivity index (χ1n) is 8.98. The van der Waals surface area contributed by atoms with Gasteiger partial charge >= 0.3 is 0 Å². The van der Waals surface area contributed by atoms with Crippen LogP contribution in [0, 0.1) is 11.8 Å². The van der Waals surface area contributed by atoms with Crippen molar-refractivity contribution in [2.24, 2.45) is 5.18 Å². The van der Waals surface area contributed by atoms with Gasteiger partial charge in [-0.2, -0.15) is 0 Å². The van der Waals surface area contributed by atoms with Crippen molar-refractivity contribution in [2.75, 3.05) is 13.7 Å². The Balaban J connectivity index is 0.000000203. The topological polar surface area (TPSA) is 105 Å². The van der Waals surface area contributed by atoms with Gasteiger partial charge in [0.25, 0.3) is 5.91 Å². The van der Waals surface area contributed by atoms with Gasteiger partial charge in [-0.3, -0.25) is 4.79 Å². The molecule has 0 aliphatic carbocycles. The molecule has 1 heterocycles. The Morgan fingerprint density at radius 2 is 1.96 bits per heavy atom. The van der Waals surface area contributed by atoms with E-state index < -0.39 is 0 Å². The number of aromatic nitrogens is 2. The molecule has 1 unspecified atom stereocenters. The second-order valence-corrected chi connectivity index (χ2v) is 6.34. The summed E-state index contributed by atoms with van der Waals surface area (Å²) in [6, 6.07) is 12.7. The molecule has 0 saturated carbocycles. The Bertz CT molecular complexity index is 959. The van der Waals surface area contributed by atoms with Gasteiger partial charge in [0.15, 0.2) is 0 Å². The number of carbonyl (C=O) groups excluding carboxylic acids is 1. The number of nitrogens with one attached hydrogen (secondary N) is 1. The molecule has 0 spiro atoms. The molecule has 0 saturated heterocycles. The van der Waals surface area contributed by atoms with Gasteiger partial charge in [0, 0.05) is 24.7 Å². The average Bonchev–Trinajstić information content (AvgIpc) is 2.74. The fourth-order valence-electron chi connectivity index (χ4n) is 2.78. The quantitative estimate of drug-likeness (QED) is 0.654. The van der Waals surface area contributed by atoms with E-state index in [9.17, 15) is 9.70 Å². The van der Waals surface area contributed by atoms with Gasteiger partial charge in [-0.1, -0.05) is 31.2 Å². The van der Waals surface area contributed by atoms with Crippen LogP contribution >= 0.6 is 0 Å². The van der Waals surface area contributed by atoms with Gasteiger partial charge in [0.2, 0.25) is 0 Å². The minimum Gasteiger partial charge on any atom is -0.396 e. The van der Waals surface area contributed by atoms with Crippen LogP contribution in [0.2, 0.25) is 0 Å². The van der Waals surface area contributed by atoms with Crippen molar-refractivity contribution < 1.29 is 9.90 Å². The highest BCUT2D eigenvalue weighted by molar-refractivity contribution is 6.05. The molecule has 1 aromatic heterocycles. The lowest BCUT2D eigenvalue weighted by atomic mass is 9.98. The predicted molar refractivity (Wildman–Crippen MR) is 110 cm³/mol. The van der Waals surface area contributed by atoms with E-state index in [0.29, 0.717) is 23.2 Å². The maximum Gasteiger partial charge on any atom is 0.253 e. The number of aryl methyl sites for hydroxylation is 1. The van der Waals surface area contributed by atoms with Gasteiger partial charge in [0.05, 0.1) is 11.1 Å². The fourth-order valence-corrected chi connectivity index (χ4v) is 2.78. The number of para-hydroxylation sites is 1. The Labute approximate surface area is 163 Å². The van der Waals surface area contributed by atoms with Crippen LogP contribution in [-0.4, -0.2) is 34.6 Å².